The quantitative estimate of drug-likeness (QED) is 0.0143. The lowest BCUT2D eigenvalue weighted by atomic mass is 9.79. The zero-order chi connectivity index (χ0) is 73.8. The monoisotopic (exact) mass is 1490 g/mol. The van der Waals surface area contributed by atoms with Gasteiger partial charge in [0.25, 0.3) is 0 Å². The van der Waals surface area contributed by atoms with E-state index in [9.17, 15) is 80.2 Å². The van der Waals surface area contributed by atoms with Crippen molar-refractivity contribution in [2.45, 2.75) is 284 Å². The van der Waals surface area contributed by atoms with Gasteiger partial charge in [-0.3, -0.25) is 18.5 Å². The molecule has 572 valence electrons. The van der Waals surface area contributed by atoms with E-state index in [1.54, 1.807) is 31.2 Å². The lowest BCUT2D eigenvalue weighted by Gasteiger charge is -2.50. The standard InChI is InChI=1S/C66H104O31S3/c1-39(16-10-9-14-30-86-55(72)18-12-8-11-17-47(67)57(74)53(96-99(80,81)82)34-49(69)60(97-100(83,84)85)50(70)38-89-98(77,78)79)37-87-62(75)63(7,76)36-46-21-22-54(71)66(92-46)35-40(2)32-52(93-66)41(3)19-20-45-24-28-65(91-45)29-25-51-61(95-65)56(73)44(6)59(90-51)48(68)33-43(5)58-42(4)23-27-64(94-58)26-13-15-31-88-64/h8-10,12,16,19-20,35,41-43,45-54,56-61,67-71,73-74,76H,6,11,13-15,17-18,21-34,36-38H2,1-5,7H3,(H,77,78,79)(H,80,81,82)(H,83,84,85)/b10-9+,12-8-,20-19+,39-16+/t41-,42-,43+,45+,46+,47?,48+,49?,50?,51-,52+,53?,54-,56-,57?,58+,59+,60?,61-,63-,64+,65-,66-/m1/s1. The number of aliphatic hydroxyl groups excluding tert-OH is 7. The molecule has 23 atom stereocenters. The fourth-order valence-corrected chi connectivity index (χ4v) is 15.4. The van der Waals surface area contributed by atoms with E-state index in [0.717, 1.165) is 37.7 Å². The molecular weight excluding hydrogens is 1380 g/mol. The summed E-state index contributed by atoms with van der Waals surface area (Å²) < 4.78 is 163. The van der Waals surface area contributed by atoms with Crippen molar-refractivity contribution in [2.24, 2.45) is 17.8 Å². The number of hydrogen-bond donors (Lipinski definition) is 11. The van der Waals surface area contributed by atoms with Gasteiger partial charge < -0.3 is 83.5 Å². The zero-order valence-corrected chi connectivity index (χ0v) is 59.8. The summed E-state index contributed by atoms with van der Waals surface area (Å²) in [5.41, 5.74) is -0.0749. The van der Waals surface area contributed by atoms with Crippen molar-refractivity contribution < 1.29 is 145 Å². The van der Waals surface area contributed by atoms with Crippen molar-refractivity contribution in [1.29, 1.82) is 0 Å². The Morgan fingerprint density at radius 3 is 2.20 bits per heavy atom. The van der Waals surface area contributed by atoms with Crippen LogP contribution >= 0.6 is 0 Å². The zero-order valence-electron chi connectivity index (χ0n) is 57.4. The Labute approximate surface area is 585 Å². The summed E-state index contributed by atoms with van der Waals surface area (Å²) in [6.07, 6.45) is -0.0982. The van der Waals surface area contributed by atoms with Gasteiger partial charge >= 0.3 is 43.1 Å². The Morgan fingerprint density at radius 2 is 1.51 bits per heavy atom. The van der Waals surface area contributed by atoms with Gasteiger partial charge in [0.05, 0.1) is 75.1 Å². The van der Waals surface area contributed by atoms with Crippen LogP contribution in [0.1, 0.15) is 164 Å². The summed E-state index contributed by atoms with van der Waals surface area (Å²) in [6.45, 7) is 14.5. The summed E-state index contributed by atoms with van der Waals surface area (Å²) in [6, 6.07) is 0. The molecule has 11 N–H and O–H groups in total. The Balaban J connectivity index is 0.793. The van der Waals surface area contributed by atoms with Gasteiger partial charge in [0.15, 0.2) is 17.2 Å². The van der Waals surface area contributed by atoms with Crippen molar-refractivity contribution in [1.82, 2.24) is 0 Å². The van der Waals surface area contributed by atoms with Crippen molar-refractivity contribution in [3.63, 3.8) is 0 Å². The summed E-state index contributed by atoms with van der Waals surface area (Å²) >= 11 is 0. The maximum Gasteiger partial charge on any atom is 0.397 e. The molecule has 0 aliphatic carbocycles. The number of carbonyl (C=O) groups is 2. The largest absolute Gasteiger partial charge is 0.465 e. The SMILES string of the molecule is C=C1[C@@H](O)[C@@H]2O[C@]3(CC[C@H](/C=C/[C@@H](C)[C@@H]4CC(C)=C[C@@]5(O[C@H](C[C@@](C)(O)C(=O)OC/C(C)=C/C=C/CCOC(=O)C/C=C\CCC(O)C(O)C(CC(O)C(OS(=O)(=O)O)C(O)COS(=O)(=O)O)OS(=O)(=O)O)CC[C@H]5O)O4)O3)CC[C@H]2O[C@@H]1[C@@H](O)C[C@H](C)[C@H]1O[C@@]2(CCCCO2)CC[C@H]1C. The molecule has 7 heterocycles. The minimum Gasteiger partial charge on any atom is -0.465 e. The summed E-state index contributed by atoms with van der Waals surface area (Å²) in [5.74, 6) is -4.45. The van der Waals surface area contributed by atoms with Gasteiger partial charge in [-0.2, -0.15) is 25.3 Å². The van der Waals surface area contributed by atoms with E-state index in [1.807, 2.05) is 26.0 Å². The second-order valence-corrected chi connectivity index (χ2v) is 31.2. The lowest BCUT2D eigenvalue weighted by molar-refractivity contribution is -0.321. The number of esters is 2. The fraction of sp³-hybridized carbons (Fsp3) is 0.788. The first-order valence-electron chi connectivity index (χ1n) is 34.2. The Hall–Kier alpha value is -3.61. The van der Waals surface area contributed by atoms with E-state index in [4.69, 9.17) is 51.7 Å². The number of carbonyl (C=O) groups excluding carboxylic acids is 2. The molecule has 0 radical (unpaired) electrons. The molecular formula is C66H104O31S3. The van der Waals surface area contributed by atoms with Gasteiger partial charge in [0, 0.05) is 44.4 Å². The lowest BCUT2D eigenvalue weighted by Crippen LogP contribution is -2.60. The van der Waals surface area contributed by atoms with E-state index in [-0.39, 0.29) is 75.8 Å². The maximum absolute atomic E-state index is 13.3. The van der Waals surface area contributed by atoms with E-state index >= 15 is 0 Å². The second kappa shape index (κ2) is 36.1. The van der Waals surface area contributed by atoms with Gasteiger partial charge in [-0.1, -0.05) is 75.5 Å². The molecule has 6 unspecified atom stereocenters. The molecule has 6 fully saturated rings. The highest BCUT2D eigenvalue weighted by Crippen LogP contribution is 2.48. The molecule has 0 aromatic carbocycles. The van der Waals surface area contributed by atoms with Crippen LogP contribution in [-0.2, 0) is 96.0 Å². The highest BCUT2D eigenvalue weighted by atomic mass is 32.3. The third-order valence-electron chi connectivity index (χ3n) is 19.4. The average Bonchev–Trinajstić information content (AvgIpc) is 1.27. The minimum absolute atomic E-state index is 0.00391. The van der Waals surface area contributed by atoms with Gasteiger partial charge in [-0.15, -0.1) is 0 Å². The van der Waals surface area contributed by atoms with Crippen LogP contribution in [0.4, 0.5) is 0 Å². The molecule has 34 heteroatoms. The molecule has 0 saturated carbocycles. The van der Waals surface area contributed by atoms with Crippen LogP contribution in [-0.4, -0.2) is 239 Å². The first-order valence-corrected chi connectivity index (χ1v) is 38.3. The minimum atomic E-state index is -5.53. The normalized spacial score (nSPS) is 33.8. The molecule has 7 aliphatic heterocycles. The van der Waals surface area contributed by atoms with Crippen molar-refractivity contribution in [3.8, 4) is 0 Å². The number of ether oxygens (including phenoxy) is 9. The highest BCUT2D eigenvalue weighted by molar-refractivity contribution is 7.81. The first kappa shape index (κ1) is 83.7. The molecule has 6 saturated heterocycles. The number of fused-ring (bicyclic) bond motifs is 1. The van der Waals surface area contributed by atoms with E-state index in [1.165, 1.54) is 19.1 Å². The number of rotatable bonds is 34. The maximum atomic E-state index is 13.3. The third kappa shape index (κ3) is 24.5. The first-order chi connectivity index (χ1) is 46.7. The number of hydrogen-bond acceptors (Lipinski definition) is 28. The van der Waals surface area contributed by atoms with Crippen LogP contribution in [0.25, 0.3) is 0 Å². The third-order valence-corrected chi connectivity index (χ3v) is 20.8. The predicted molar refractivity (Wildman–Crippen MR) is 351 cm³/mol. The topological polar surface area (TPSA) is 470 Å². The van der Waals surface area contributed by atoms with E-state index in [0.29, 0.717) is 68.6 Å². The fourth-order valence-electron chi connectivity index (χ4n) is 14.1. The summed E-state index contributed by atoms with van der Waals surface area (Å²) in [4.78, 5) is 25.7. The van der Waals surface area contributed by atoms with Gasteiger partial charge in [0.2, 0.25) is 5.79 Å². The Kier molecular flexibility index (Phi) is 30.2. The molecule has 0 aromatic heterocycles. The van der Waals surface area contributed by atoms with E-state index < -0.39 is 165 Å². The predicted octanol–water partition coefficient (Wildman–Crippen LogP) is 3.86. The van der Waals surface area contributed by atoms with Crippen molar-refractivity contribution in [2.75, 3.05) is 26.4 Å². The van der Waals surface area contributed by atoms with Crippen LogP contribution in [0, 0.1) is 17.8 Å². The summed E-state index contributed by atoms with van der Waals surface area (Å²) in [5, 5.41) is 88.2. The summed E-state index contributed by atoms with van der Waals surface area (Å²) in [7, 11) is -16.2. The van der Waals surface area contributed by atoms with Crippen LogP contribution in [0.5, 0.6) is 0 Å². The molecule has 0 bridgehead atoms. The average molecular weight is 1490 g/mol. The van der Waals surface area contributed by atoms with Crippen LogP contribution in [0.15, 0.2) is 71.9 Å². The van der Waals surface area contributed by atoms with Gasteiger partial charge in [-0.05, 0) is 127 Å². The highest BCUT2D eigenvalue weighted by Gasteiger charge is 2.55. The van der Waals surface area contributed by atoms with Gasteiger partial charge in [-0.25, -0.2) is 17.3 Å². The van der Waals surface area contributed by atoms with Crippen molar-refractivity contribution >= 4 is 43.1 Å². The van der Waals surface area contributed by atoms with Gasteiger partial charge in [0.1, 0.15) is 55.4 Å². The number of aliphatic hydroxyl groups is 8. The Bertz CT molecular complexity index is 3220. The second-order valence-electron chi connectivity index (χ2n) is 28.0. The van der Waals surface area contributed by atoms with E-state index in [2.05, 4.69) is 33.0 Å². The van der Waals surface area contributed by atoms with Crippen molar-refractivity contribution in [3.05, 3.63) is 71.9 Å². The molecule has 7 rings (SSSR count). The molecule has 31 nitrogen and oxygen atoms in total. The molecule has 0 amide bonds. The van der Waals surface area contributed by atoms with Crippen LogP contribution < -0.4 is 0 Å². The Morgan fingerprint density at radius 1 is 0.800 bits per heavy atom. The van der Waals surface area contributed by atoms with Crippen LogP contribution in [0.3, 0.4) is 0 Å². The smallest absolute Gasteiger partial charge is 0.397 e. The van der Waals surface area contributed by atoms with Crippen LogP contribution in [0.2, 0.25) is 0 Å². The molecule has 0 aromatic rings. The number of allylic oxidation sites excluding steroid dienone is 3. The molecule has 100 heavy (non-hydrogen) atoms. The molecule has 7 aliphatic rings. The molecule has 3 spiro atoms.